The first-order chi connectivity index (χ1) is 12.1. The summed E-state index contributed by atoms with van der Waals surface area (Å²) >= 11 is 0. The van der Waals surface area contributed by atoms with E-state index in [2.05, 4.69) is 16.7 Å². The molecule has 1 saturated heterocycles. The molecule has 0 amide bonds. The molecule has 1 aliphatic carbocycles. The molecule has 0 aromatic heterocycles. The Morgan fingerprint density at radius 2 is 2.04 bits per heavy atom. The number of hydrogen-bond donors (Lipinski definition) is 2. The summed E-state index contributed by atoms with van der Waals surface area (Å²) in [5.41, 5.74) is 9.89. The van der Waals surface area contributed by atoms with E-state index in [0.717, 1.165) is 49.4 Å². The van der Waals surface area contributed by atoms with Crippen LogP contribution in [-0.2, 0) is 6.54 Å². The van der Waals surface area contributed by atoms with Crippen LogP contribution in [0.15, 0.2) is 6.07 Å². The summed E-state index contributed by atoms with van der Waals surface area (Å²) in [5.74, 6) is 6.56. The topological polar surface area (TPSA) is 61.8 Å². The van der Waals surface area contributed by atoms with Gasteiger partial charge in [-0.2, -0.15) is 0 Å². The van der Waals surface area contributed by atoms with Crippen LogP contribution in [-0.4, -0.2) is 37.4 Å². The van der Waals surface area contributed by atoms with Gasteiger partial charge in [0.1, 0.15) is 5.82 Å². The van der Waals surface area contributed by atoms with E-state index in [4.69, 9.17) is 11.6 Å². The molecule has 0 spiro atoms. The number of piperidine rings is 1. The van der Waals surface area contributed by atoms with Gasteiger partial charge in [-0.25, -0.2) is 9.40 Å². The summed E-state index contributed by atoms with van der Waals surface area (Å²) in [5, 5.41) is 1.79. The lowest BCUT2D eigenvalue weighted by atomic mass is 9.93. The van der Waals surface area contributed by atoms with Crippen LogP contribution in [0.1, 0.15) is 43.2 Å². The van der Waals surface area contributed by atoms with Crippen molar-refractivity contribution in [3.05, 3.63) is 23.0 Å². The Kier molecular flexibility index (Phi) is 4.60. The van der Waals surface area contributed by atoms with Crippen molar-refractivity contribution < 1.29 is 4.39 Å². The Bertz CT molecular complexity index is 643. The van der Waals surface area contributed by atoms with Gasteiger partial charge in [-0.15, -0.1) is 0 Å². The second kappa shape index (κ2) is 6.74. The second-order valence-electron chi connectivity index (χ2n) is 7.96. The minimum Gasteiger partial charge on any atom is -0.369 e. The predicted octanol–water partition coefficient (Wildman–Crippen LogP) is 2.31. The first kappa shape index (κ1) is 17.1. The van der Waals surface area contributed by atoms with Crippen LogP contribution in [0.25, 0.3) is 0 Å². The zero-order valence-corrected chi connectivity index (χ0v) is 15.2. The number of nitrogens with two attached hydrogens (primary N) is 2. The molecule has 1 unspecified atom stereocenters. The molecule has 1 saturated carbocycles. The van der Waals surface area contributed by atoms with E-state index in [1.807, 2.05) is 0 Å². The number of hydrogen-bond acceptors (Lipinski definition) is 5. The maximum absolute atomic E-state index is 15.1. The fraction of sp³-hybridized carbons (Fsp3) is 0.684. The zero-order valence-electron chi connectivity index (χ0n) is 15.2. The number of fused-ring (bicyclic) bond motifs is 1. The van der Waals surface area contributed by atoms with Crippen LogP contribution in [0.5, 0.6) is 0 Å². The van der Waals surface area contributed by atoms with Gasteiger partial charge >= 0.3 is 0 Å². The van der Waals surface area contributed by atoms with E-state index < -0.39 is 0 Å². The summed E-state index contributed by atoms with van der Waals surface area (Å²) in [4.78, 5) is 4.65. The maximum Gasteiger partial charge on any atom is 0.147 e. The highest BCUT2D eigenvalue weighted by Gasteiger charge is 2.36. The van der Waals surface area contributed by atoms with Crippen molar-refractivity contribution in [2.75, 3.05) is 36.1 Å². The Hall–Kier alpha value is -1.37. The van der Waals surface area contributed by atoms with E-state index in [9.17, 15) is 0 Å². The molecule has 0 bridgehead atoms. The van der Waals surface area contributed by atoms with Crippen molar-refractivity contribution in [2.24, 2.45) is 17.5 Å². The van der Waals surface area contributed by atoms with Crippen LogP contribution in [0.3, 0.4) is 0 Å². The van der Waals surface area contributed by atoms with E-state index in [0.29, 0.717) is 25.0 Å². The molecule has 4 N–H and O–H groups in total. The van der Waals surface area contributed by atoms with Gasteiger partial charge in [-0.3, -0.25) is 5.84 Å². The molecule has 0 radical (unpaired) electrons. The zero-order chi connectivity index (χ0) is 17.6. The molecular weight excluding hydrogens is 317 g/mol. The summed E-state index contributed by atoms with van der Waals surface area (Å²) in [6.45, 7) is 6.01. The van der Waals surface area contributed by atoms with Crippen molar-refractivity contribution in [3.8, 4) is 0 Å². The lowest BCUT2D eigenvalue weighted by Gasteiger charge is -2.41. The van der Waals surface area contributed by atoms with Crippen molar-refractivity contribution in [3.63, 3.8) is 0 Å². The molecule has 5 nitrogen and oxygen atoms in total. The average Bonchev–Trinajstić information content (AvgIpc) is 3.39. The monoisotopic (exact) mass is 347 g/mol. The Morgan fingerprint density at radius 1 is 1.24 bits per heavy atom. The molecule has 2 fully saturated rings. The largest absolute Gasteiger partial charge is 0.369 e. The number of hydrazine groups is 1. The van der Waals surface area contributed by atoms with Crippen LogP contribution in [0.2, 0.25) is 0 Å². The van der Waals surface area contributed by atoms with Crippen molar-refractivity contribution in [2.45, 2.75) is 51.6 Å². The summed E-state index contributed by atoms with van der Waals surface area (Å²) in [7, 11) is 0. The maximum atomic E-state index is 15.1. The van der Waals surface area contributed by atoms with Gasteiger partial charge in [0, 0.05) is 31.4 Å². The van der Waals surface area contributed by atoms with E-state index in [-0.39, 0.29) is 5.82 Å². The standard InChI is InChI=1S/C19H30FN5/c1-13-18-15(11-24(22)12-25(18)16-4-5-16)9-17(20)19(13)23-8-2-3-14(10-23)6-7-21/h9,14,16H,2-8,10-12,21-22H2,1H3. The minimum absolute atomic E-state index is 0.101. The number of rotatable bonds is 4. The molecule has 6 heteroatoms. The Morgan fingerprint density at radius 3 is 2.76 bits per heavy atom. The van der Waals surface area contributed by atoms with Gasteiger partial charge < -0.3 is 15.5 Å². The third-order valence-electron chi connectivity index (χ3n) is 5.93. The molecular formula is C19H30FN5. The number of halogens is 1. The quantitative estimate of drug-likeness (QED) is 0.819. The lowest BCUT2D eigenvalue weighted by molar-refractivity contribution is 0.258. The molecule has 1 aromatic rings. The first-order valence-electron chi connectivity index (χ1n) is 9.61. The smallest absolute Gasteiger partial charge is 0.147 e. The summed E-state index contributed by atoms with van der Waals surface area (Å²) in [6.07, 6.45) is 5.76. The van der Waals surface area contributed by atoms with Crippen LogP contribution in [0.4, 0.5) is 15.8 Å². The van der Waals surface area contributed by atoms with Gasteiger partial charge in [0.2, 0.25) is 0 Å². The van der Waals surface area contributed by atoms with Crippen molar-refractivity contribution in [1.29, 1.82) is 0 Å². The van der Waals surface area contributed by atoms with Gasteiger partial charge in [0.05, 0.1) is 12.4 Å². The number of anilines is 2. The van der Waals surface area contributed by atoms with Gasteiger partial charge in [0.25, 0.3) is 0 Å². The molecule has 3 aliphatic rings. The normalized spacial score (nSPS) is 24.6. The molecule has 1 atom stereocenters. The van der Waals surface area contributed by atoms with Crippen LogP contribution >= 0.6 is 0 Å². The number of benzene rings is 1. The van der Waals surface area contributed by atoms with Crippen molar-refractivity contribution >= 4 is 11.4 Å². The highest BCUT2D eigenvalue weighted by atomic mass is 19.1. The van der Waals surface area contributed by atoms with Crippen LogP contribution in [0, 0.1) is 18.7 Å². The highest BCUT2D eigenvalue weighted by Crippen LogP contribution is 2.43. The molecule has 25 heavy (non-hydrogen) atoms. The van der Waals surface area contributed by atoms with Crippen LogP contribution < -0.4 is 21.4 Å². The SMILES string of the molecule is Cc1c(N2CCCC(CCN)C2)c(F)cc2c1N(C1CC1)CN(N)C2. The lowest BCUT2D eigenvalue weighted by Crippen LogP contribution is -2.47. The van der Waals surface area contributed by atoms with Gasteiger partial charge in [0.15, 0.2) is 0 Å². The molecule has 4 rings (SSSR count). The Labute approximate surface area is 149 Å². The highest BCUT2D eigenvalue weighted by molar-refractivity contribution is 5.73. The average molecular weight is 347 g/mol. The third kappa shape index (κ3) is 3.23. The second-order valence-corrected chi connectivity index (χ2v) is 7.96. The number of nitrogens with zero attached hydrogens (tertiary/aromatic N) is 3. The molecule has 1 aromatic carbocycles. The molecule has 138 valence electrons. The van der Waals surface area contributed by atoms with Gasteiger partial charge in [-0.05, 0) is 68.7 Å². The molecule has 2 aliphatic heterocycles. The van der Waals surface area contributed by atoms with E-state index >= 15 is 4.39 Å². The fourth-order valence-electron chi connectivity index (χ4n) is 4.69. The predicted molar refractivity (Wildman–Crippen MR) is 99.8 cm³/mol. The van der Waals surface area contributed by atoms with E-state index in [1.54, 1.807) is 11.1 Å². The first-order valence-corrected chi connectivity index (χ1v) is 9.61. The minimum atomic E-state index is -0.101. The fourth-order valence-corrected chi connectivity index (χ4v) is 4.69. The Balaban J connectivity index is 1.70. The third-order valence-corrected chi connectivity index (χ3v) is 5.93. The van der Waals surface area contributed by atoms with E-state index in [1.165, 1.54) is 24.9 Å². The summed E-state index contributed by atoms with van der Waals surface area (Å²) in [6, 6.07) is 2.28. The molecule has 2 heterocycles. The van der Waals surface area contributed by atoms with Gasteiger partial charge in [-0.1, -0.05) is 0 Å². The van der Waals surface area contributed by atoms with Crippen molar-refractivity contribution in [1.82, 2.24) is 5.01 Å². The summed E-state index contributed by atoms with van der Waals surface area (Å²) < 4.78 is 15.1.